The van der Waals surface area contributed by atoms with E-state index in [1.54, 1.807) is 24.3 Å². The number of aryl methyl sites for hydroxylation is 1. The number of ether oxygens (including phenoxy) is 2. The van der Waals surface area contributed by atoms with Gasteiger partial charge in [0, 0.05) is 17.8 Å². The van der Waals surface area contributed by atoms with Gasteiger partial charge in [-0.1, -0.05) is 32.0 Å². The Morgan fingerprint density at radius 2 is 1.66 bits per heavy atom. The van der Waals surface area contributed by atoms with E-state index in [2.05, 4.69) is 33.0 Å². The average molecular weight is 481 g/mol. The van der Waals surface area contributed by atoms with Crippen LogP contribution in [0.5, 0.6) is 5.75 Å². The molecule has 1 aliphatic rings. The summed E-state index contributed by atoms with van der Waals surface area (Å²) in [6.45, 7) is 9.75. The number of amides is 2. The molecule has 0 aromatic heterocycles. The maximum atomic E-state index is 12.6. The highest BCUT2D eigenvalue weighted by Gasteiger charge is 2.29. The molecule has 2 aromatic carbocycles. The number of hydrogen-bond acceptors (Lipinski definition) is 5. The molecule has 7 nitrogen and oxygen atoms in total. The largest absolute Gasteiger partial charge is 0.484 e. The van der Waals surface area contributed by atoms with Gasteiger partial charge in [0.05, 0.1) is 5.56 Å². The number of piperidine rings is 1. The molecule has 1 aliphatic heterocycles. The topological polar surface area (TPSA) is 84.9 Å². The number of nitrogens with zero attached hydrogens (tertiary/aromatic N) is 1. The molecule has 188 valence electrons. The lowest BCUT2D eigenvalue weighted by atomic mass is 9.97. The van der Waals surface area contributed by atoms with Crippen LogP contribution in [-0.4, -0.2) is 48.0 Å². The van der Waals surface area contributed by atoms with Crippen molar-refractivity contribution < 1.29 is 23.9 Å². The van der Waals surface area contributed by atoms with Gasteiger partial charge in [-0.2, -0.15) is 0 Å². The van der Waals surface area contributed by atoms with Gasteiger partial charge in [0.1, 0.15) is 5.75 Å². The molecule has 7 heteroatoms. The Morgan fingerprint density at radius 3 is 2.29 bits per heavy atom. The van der Waals surface area contributed by atoms with Crippen molar-refractivity contribution in [2.24, 2.45) is 0 Å². The molecule has 2 aromatic rings. The molecule has 1 N–H and O–H groups in total. The number of carbonyl (C=O) groups is 3. The van der Waals surface area contributed by atoms with Crippen molar-refractivity contribution in [3.8, 4) is 5.75 Å². The summed E-state index contributed by atoms with van der Waals surface area (Å²) in [5, 5.41) is 2.86. The van der Waals surface area contributed by atoms with Gasteiger partial charge in [0.25, 0.3) is 11.8 Å². The van der Waals surface area contributed by atoms with E-state index in [0.717, 1.165) is 36.1 Å². The standard InChI is InChI=1S/C28H36N2O5/c1-18(2)24-11-6-8-19(3)27(24)29-25(31)16-35-28(33)22-12-14-23(15-13-22)34-17-26(32)30-20(4)9-7-10-21(30)5/h6,8,11-15,18,20-21H,7,9-10,16-17H2,1-5H3,(H,29,31). The van der Waals surface area contributed by atoms with E-state index in [-0.39, 0.29) is 37.1 Å². The molecule has 3 rings (SSSR count). The number of likely N-dealkylation sites (tertiary alicyclic amines) is 1. The molecule has 0 saturated carbocycles. The third-order valence-corrected chi connectivity index (χ3v) is 6.46. The Morgan fingerprint density at radius 1 is 1.00 bits per heavy atom. The number of esters is 1. The summed E-state index contributed by atoms with van der Waals surface area (Å²) in [6, 6.07) is 12.7. The van der Waals surface area contributed by atoms with Gasteiger partial charge in [-0.15, -0.1) is 0 Å². The summed E-state index contributed by atoms with van der Waals surface area (Å²) in [7, 11) is 0. The Kier molecular flexibility index (Phi) is 8.90. The molecule has 2 amide bonds. The van der Waals surface area contributed by atoms with Crippen LogP contribution in [0.15, 0.2) is 42.5 Å². The lowest BCUT2D eigenvalue weighted by molar-refractivity contribution is -0.139. The zero-order valence-electron chi connectivity index (χ0n) is 21.3. The van der Waals surface area contributed by atoms with E-state index in [9.17, 15) is 14.4 Å². The van der Waals surface area contributed by atoms with Gasteiger partial charge in [-0.3, -0.25) is 9.59 Å². The van der Waals surface area contributed by atoms with Crippen LogP contribution in [0, 0.1) is 6.92 Å². The average Bonchev–Trinajstić information content (AvgIpc) is 2.82. The highest BCUT2D eigenvalue weighted by atomic mass is 16.5. The second-order valence-corrected chi connectivity index (χ2v) is 9.56. The van der Waals surface area contributed by atoms with Crippen LogP contribution in [-0.2, 0) is 14.3 Å². The molecule has 1 heterocycles. The number of benzene rings is 2. The summed E-state index contributed by atoms with van der Waals surface area (Å²) in [5.41, 5.74) is 3.04. The highest BCUT2D eigenvalue weighted by Crippen LogP contribution is 2.27. The van der Waals surface area contributed by atoms with Crippen LogP contribution < -0.4 is 10.1 Å². The van der Waals surface area contributed by atoms with E-state index in [1.165, 1.54) is 0 Å². The fourth-order valence-corrected chi connectivity index (χ4v) is 4.55. The smallest absolute Gasteiger partial charge is 0.338 e. The van der Waals surface area contributed by atoms with Crippen LogP contribution in [0.1, 0.15) is 74.4 Å². The Hall–Kier alpha value is -3.35. The summed E-state index contributed by atoms with van der Waals surface area (Å²) in [4.78, 5) is 39.3. The molecule has 0 aliphatic carbocycles. The van der Waals surface area contributed by atoms with Crippen LogP contribution in [0.25, 0.3) is 0 Å². The lowest BCUT2D eigenvalue weighted by Crippen LogP contribution is -2.49. The summed E-state index contributed by atoms with van der Waals surface area (Å²) >= 11 is 0. The van der Waals surface area contributed by atoms with Crippen molar-refractivity contribution in [2.45, 2.75) is 71.9 Å². The van der Waals surface area contributed by atoms with Crippen LogP contribution in [0.3, 0.4) is 0 Å². The fraction of sp³-hybridized carbons (Fsp3) is 0.464. The second kappa shape index (κ2) is 11.9. The fourth-order valence-electron chi connectivity index (χ4n) is 4.55. The third kappa shape index (κ3) is 6.84. The summed E-state index contributed by atoms with van der Waals surface area (Å²) in [5.74, 6) is -0.295. The van der Waals surface area contributed by atoms with Crippen LogP contribution in [0.2, 0.25) is 0 Å². The van der Waals surface area contributed by atoms with E-state index < -0.39 is 11.9 Å². The van der Waals surface area contributed by atoms with Crippen LogP contribution in [0.4, 0.5) is 5.69 Å². The zero-order chi connectivity index (χ0) is 25.5. The maximum Gasteiger partial charge on any atom is 0.338 e. The normalized spacial score (nSPS) is 17.7. The summed E-state index contributed by atoms with van der Waals surface area (Å²) in [6.07, 6.45) is 3.15. The van der Waals surface area contributed by atoms with Crippen molar-refractivity contribution in [3.05, 3.63) is 59.2 Å². The van der Waals surface area contributed by atoms with Crippen molar-refractivity contribution in [1.29, 1.82) is 0 Å². The second-order valence-electron chi connectivity index (χ2n) is 9.56. The summed E-state index contributed by atoms with van der Waals surface area (Å²) < 4.78 is 10.8. The number of nitrogens with one attached hydrogen (secondary N) is 1. The molecular formula is C28H36N2O5. The van der Waals surface area contributed by atoms with Gasteiger partial charge in [-0.25, -0.2) is 4.79 Å². The molecular weight excluding hydrogens is 444 g/mol. The number of rotatable bonds is 8. The van der Waals surface area contributed by atoms with Gasteiger partial charge in [-0.05, 0) is 81.3 Å². The first kappa shape index (κ1) is 26.3. The monoisotopic (exact) mass is 480 g/mol. The van der Waals surface area contributed by atoms with Gasteiger partial charge in [0.15, 0.2) is 13.2 Å². The molecule has 1 fully saturated rings. The number of anilines is 1. The first-order valence-electron chi connectivity index (χ1n) is 12.3. The molecule has 1 saturated heterocycles. The molecule has 0 spiro atoms. The lowest BCUT2D eigenvalue weighted by Gasteiger charge is -2.38. The maximum absolute atomic E-state index is 12.6. The van der Waals surface area contributed by atoms with Gasteiger partial charge < -0.3 is 19.7 Å². The quantitative estimate of drug-likeness (QED) is 0.533. The Balaban J connectivity index is 1.50. The zero-order valence-corrected chi connectivity index (χ0v) is 21.3. The van der Waals surface area contributed by atoms with Crippen molar-refractivity contribution in [1.82, 2.24) is 4.90 Å². The van der Waals surface area contributed by atoms with Crippen molar-refractivity contribution in [2.75, 3.05) is 18.5 Å². The van der Waals surface area contributed by atoms with Crippen LogP contribution >= 0.6 is 0 Å². The predicted octanol–water partition coefficient (Wildman–Crippen LogP) is 5.08. The van der Waals surface area contributed by atoms with E-state index >= 15 is 0 Å². The highest BCUT2D eigenvalue weighted by molar-refractivity contribution is 5.96. The minimum absolute atomic E-state index is 0.0338. The van der Waals surface area contributed by atoms with E-state index in [4.69, 9.17) is 9.47 Å². The van der Waals surface area contributed by atoms with Crippen molar-refractivity contribution >= 4 is 23.5 Å². The molecule has 35 heavy (non-hydrogen) atoms. The predicted molar refractivity (Wildman–Crippen MR) is 136 cm³/mol. The first-order chi connectivity index (χ1) is 16.7. The number of hydrogen-bond donors (Lipinski definition) is 1. The van der Waals surface area contributed by atoms with Crippen molar-refractivity contribution in [3.63, 3.8) is 0 Å². The number of para-hydroxylation sites is 1. The van der Waals surface area contributed by atoms with E-state index in [0.29, 0.717) is 11.3 Å². The molecule has 2 atom stereocenters. The molecule has 2 unspecified atom stereocenters. The van der Waals surface area contributed by atoms with Gasteiger partial charge in [0.2, 0.25) is 0 Å². The SMILES string of the molecule is Cc1cccc(C(C)C)c1NC(=O)COC(=O)c1ccc(OCC(=O)N2C(C)CCCC2C)cc1. The third-order valence-electron chi connectivity index (χ3n) is 6.46. The Labute approximate surface area is 207 Å². The molecule has 0 radical (unpaired) electrons. The first-order valence-corrected chi connectivity index (χ1v) is 12.3. The minimum atomic E-state index is -0.604. The Bertz CT molecular complexity index is 1040. The minimum Gasteiger partial charge on any atom is -0.484 e. The molecule has 0 bridgehead atoms. The van der Waals surface area contributed by atoms with Gasteiger partial charge >= 0.3 is 5.97 Å². The number of carbonyl (C=O) groups excluding carboxylic acids is 3. The van der Waals surface area contributed by atoms with E-state index in [1.807, 2.05) is 30.0 Å².